The number of para-hydroxylation sites is 1. The first-order valence-corrected chi connectivity index (χ1v) is 10.3. The van der Waals surface area contributed by atoms with E-state index in [-0.39, 0.29) is 12.3 Å². The average Bonchev–Trinajstić information content (AvgIpc) is 2.77. The van der Waals surface area contributed by atoms with Gasteiger partial charge in [0.2, 0.25) is 0 Å². The highest BCUT2D eigenvalue weighted by molar-refractivity contribution is 6.80. The molecular weight excluding hydrogens is 365 g/mol. The third-order valence-corrected chi connectivity index (χ3v) is 5.39. The van der Waals surface area contributed by atoms with Crippen molar-refractivity contribution in [2.75, 3.05) is 0 Å². The lowest BCUT2D eigenvalue weighted by atomic mass is 9.55. The maximum Gasteiger partial charge on any atom is 0.426 e. The molecule has 0 saturated carbocycles. The fourth-order valence-electron chi connectivity index (χ4n) is 3.59. The van der Waals surface area contributed by atoms with Crippen LogP contribution in [0.3, 0.4) is 0 Å². The molecule has 2 nitrogen and oxygen atoms in total. The molecule has 0 fully saturated rings. The van der Waals surface area contributed by atoms with Crippen molar-refractivity contribution in [3.63, 3.8) is 0 Å². The Morgan fingerprint density at radius 2 is 1.47 bits per heavy atom. The average molecular weight is 391 g/mol. The van der Waals surface area contributed by atoms with E-state index in [0.717, 1.165) is 33.1 Å². The van der Waals surface area contributed by atoms with Crippen LogP contribution in [0.15, 0.2) is 91.6 Å². The highest BCUT2D eigenvalue weighted by atomic mass is 16.4. The standard InChI is InChI=1S/C27H26BNO/c1-5-20-11-15-23(16-12-20)28(24-17-13-22(14-18-24)27(2,3)4)30-25-10-6-8-21-9-7-19-29-26(21)25/h5-19H,1H2,2-4H3. The van der Waals surface area contributed by atoms with Gasteiger partial charge >= 0.3 is 6.92 Å². The van der Waals surface area contributed by atoms with Crippen LogP contribution in [-0.4, -0.2) is 11.9 Å². The van der Waals surface area contributed by atoms with Crippen LogP contribution < -0.4 is 15.6 Å². The van der Waals surface area contributed by atoms with Crippen LogP contribution in [0.25, 0.3) is 17.0 Å². The number of pyridine rings is 1. The van der Waals surface area contributed by atoms with Gasteiger partial charge in [-0.3, -0.25) is 4.98 Å². The number of rotatable bonds is 5. The highest BCUT2D eigenvalue weighted by Gasteiger charge is 2.25. The second-order valence-electron chi connectivity index (χ2n) is 8.57. The van der Waals surface area contributed by atoms with Crippen LogP contribution in [0.4, 0.5) is 0 Å². The Bertz CT molecular complexity index is 1150. The van der Waals surface area contributed by atoms with E-state index in [1.165, 1.54) is 5.56 Å². The smallest absolute Gasteiger partial charge is 0.426 e. The summed E-state index contributed by atoms with van der Waals surface area (Å²) in [4.78, 5) is 4.56. The fraction of sp³-hybridized carbons (Fsp3) is 0.148. The maximum atomic E-state index is 6.61. The van der Waals surface area contributed by atoms with E-state index >= 15 is 0 Å². The van der Waals surface area contributed by atoms with Crippen LogP contribution in [0, 0.1) is 0 Å². The van der Waals surface area contributed by atoms with E-state index in [1.807, 2.05) is 24.3 Å². The molecule has 0 aliphatic carbocycles. The Hall–Kier alpha value is -3.33. The van der Waals surface area contributed by atoms with Gasteiger partial charge in [-0.05, 0) is 39.6 Å². The number of fused-ring (bicyclic) bond motifs is 1. The summed E-state index contributed by atoms with van der Waals surface area (Å²) in [6.07, 6.45) is 3.66. The van der Waals surface area contributed by atoms with Gasteiger partial charge in [0, 0.05) is 11.6 Å². The Morgan fingerprint density at radius 1 is 0.833 bits per heavy atom. The lowest BCUT2D eigenvalue weighted by Gasteiger charge is -2.21. The zero-order chi connectivity index (χ0) is 21.1. The van der Waals surface area contributed by atoms with E-state index in [9.17, 15) is 0 Å². The Morgan fingerprint density at radius 3 is 2.10 bits per heavy atom. The molecule has 0 atom stereocenters. The summed E-state index contributed by atoms with van der Waals surface area (Å²) in [5.41, 5.74) is 5.59. The van der Waals surface area contributed by atoms with Gasteiger partial charge in [0.25, 0.3) is 0 Å². The van der Waals surface area contributed by atoms with Gasteiger partial charge in [-0.25, -0.2) is 0 Å². The number of aromatic nitrogens is 1. The molecule has 0 radical (unpaired) electrons. The largest absolute Gasteiger partial charge is 0.550 e. The molecule has 30 heavy (non-hydrogen) atoms. The number of benzene rings is 3. The summed E-state index contributed by atoms with van der Waals surface area (Å²) in [6, 6.07) is 27.2. The summed E-state index contributed by atoms with van der Waals surface area (Å²) in [7, 11) is 0. The predicted molar refractivity (Wildman–Crippen MR) is 129 cm³/mol. The van der Waals surface area contributed by atoms with Crippen molar-refractivity contribution in [3.8, 4) is 5.75 Å². The molecule has 3 heteroatoms. The monoisotopic (exact) mass is 391 g/mol. The molecule has 4 rings (SSSR count). The van der Waals surface area contributed by atoms with Gasteiger partial charge in [-0.1, -0.05) is 100 Å². The van der Waals surface area contributed by atoms with Gasteiger partial charge in [0.15, 0.2) is 0 Å². The Balaban J connectivity index is 1.78. The van der Waals surface area contributed by atoms with E-state index in [0.29, 0.717) is 0 Å². The summed E-state index contributed by atoms with van der Waals surface area (Å²) in [5, 5.41) is 1.07. The Kier molecular flexibility index (Phi) is 5.45. The molecule has 148 valence electrons. The molecule has 0 amide bonds. The molecule has 0 bridgehead atoms. The number of hydrogen-bond acceptors (Lipinski definition) is 2. The maximum absolute atomic E-state index is 6.61. The molecule has 3 aromatic carbocycles. The third kappa shape index (κ3) is 4.16. The van der Waals surface area contributed by atoms with Crippen molar-refractivity contribution in [2.45, 2.75) is 26.2 Å². The molecule has 0 N–H and O–H groups in total. The van der Waals surface area contributed by atoms with Crippen LogP contribution >= 0.6 is 0 Å². The van der Waals surface area contributed by atoms with Crippen molar-refractivity contribution in [1.29, 1.82) is 0 Å². The summed E-state index contributed by atoms with van der Waals surface area (Å²) < 4.78 is 6.61. The normalized spacial score (nSPS) is 11.3. The van der Waals surface area contributed by atoms with E-state index < -0.39 is 0 Å². The molecule has 0 aliphatic rings. The van der Waals surface area contributed by atoms with Gasteiger partial charge in [0.1, 0.15) is 11.3 Å². The molecule has 0 saturated heterocycles. The van der Waals surface area contributed by atoms with Crippen molar-refractivity contribution in [2.24, 2.45) is 0 Å². The summed E-state index contributed by atoms with van der Waals surface area (Å²) in [5.74, 6) is 0.783. The van der Waals surface area contributed by atoms with Gasteiger partial charge in [-0.2, -0.15) is 0 Å². The molecular formula is C27H26BNO. The summed E-state index contributed by atoms with van der Waals surface area (Å²) >= 11 is 0. The zero-order valence-electron chi connectivity index (χ0n) is 17.8. The van der Waals surface area contributed by atoms with Crippen molar-refractivity contribution >= 4 is 34.8 Å². The molecule has 0 aliphatic heterocycles. The second-order valence-corrected chi connectivity index (χ2v) is 8.57. The zero-order valence-corrected chi connectivity index (χ0v) is 17.8. The van der Waals surface area contributed by atoms with Gasteiger partial charge in [-0.15, -0.1) is 0 Å². The number of nitrogens with zero attached hydrogens (tertiary/aromatic N) is 1. The third-order valence-electron chi connectivity index (χ3n) is 5.39. The fourth-order valence-corrected chi connectivity index (χ4v) is 3.59. The molecule has 0 unspecified atom stereocenters. The van der Waals surface area contributed by atoms with Crippen LogP contribution in [-0.2, 0) is 5.41 Å². The van der Waals surface area contributed by atoms with Crippen molar-refractivity contribution in [3.05, 3.63) is 103 Å². The van der Waals surface area contributed by atoms with E-state index in [4.69, 9.17) is 4.65 Å². The lowest BCUT2D eigenvalue weighted by Crippen LogP contribution is -2.47. The lowest BCUT2D eigenvalue weighted by molar-refractivity contribution is 0.589. The first-order valence-electron chi connectivity index (χ1n) is 10.3. The molecule has 0 spiro atoms. The first kappa shape index (κ1) is 20.0. The predicted octanol–water partition coefficient (Wildman–Crippen LogP) is 5.36. The van der Waals surface area contributed by atoms with Crippen LogP contribution in [0.5, 0.6) is 5.75 Å². The Labute approximate surface area is 179 Å². The minimum atomic E-state index is -0.231. The topological polar surface area (TPSA) is 22.1 Å². The van der Waals surface area contributed by atoms with Crippen LogP contribution in [0.1, 0.15) is 31.9 Å². The van der Waals surface area contributed by atoms with Crippen LogP contribution in [0.2, 0.25) is 0 Å². The van der Waals surface area contributed by atoms with E-state index in [1.54, 1.807) is 6.20 Å². The molecule has 4 aromatic rings. The minimum Gasteiger partial charge on any atom is -0.550 e. The van der Waals surface area contributed by atoms with Gasteiger partial charge in [0.05, 0.1) is 0 Å². The van der Waals surface area contributed by atoms with Crippen molar-refractivity contribution < 1.29 is 4.65 Å². The highest BCUT2D eigenvalue weighted by Crippen LogP contribution is 2.24. The SMILES string of the molecule is C=Cc1ccc(B(Oc2cccc3cccnc23)c2ccc(C(C)(C)C)cc2)cc1. The minimum absolute atomic E-state index is 0.111. The quantitative estimate of drug-likeness (QED) is 0.428. The van der Waals surface area contributed by atoms with Gasteiger partial charge < -0.3 is 4.65 Å². The molecule has 1 aromatic heterocycles. The van der Waals surface area contributed by atoms with E-state index in [2.05, 4.69) is 93.0 Å². The molecule has 1 heterocycles. The number of hydrogen-bond donors (Lipinski definition) is 0. The van der Waals surface area contributed by atoms with Crippen molar-refractivity contribution in [1.82, 2.24) is 4.98 Å². The second kappa shape index (κ2) is 8.20. The summed E-state index contributed by atoms with van der Waals surface area (Å²) in [6.45, 7) is 10.3. The first-order chi connectivity index (χ1) is 14.5.